The molecule has 212 valence electrons. The molecule has 0 radical (unpaired) electrons. The summed E-state index contributed by atoms with van der Waals surface area (Å²) in [6.07, 6.45) is 0.764. The third-order valence-corrected chi connectivity index (χ3v) is 7.18. The number of aromatic carboxylic acids is 1. The van der Waals surface area contributed by atoms with Crippen LogP contribution in [0.4, 0.5) is 14.6 Å². The van der Waals surface area contributed by atoms with Gasteiger partial charge in [0, 0.05) is 13.1 Å². The number of benzene rings is 3. The van der Waals surface area contributed by atoms with Crippen LogP contribution in [0.3, 0.4) is 0 Å². The first-order chi connectivity index (χ1) is 19.2. The number of halogens is 3. The number of para-hydroxylation sites is 1. The monoisotopic (exact) mass is 602 g/mol. The lowest BCUT2D eigenvalue weighted by atomic mass is 10.0. The largest absolute Gasteiger partial charge is 0.478 e. The molecule has 0 aliphatic heterocycles. The minimum absolute atomic E-state index is 0.0441. The van der Waals surface area contributed by atoms with Crippen LogP contribution in [-0.4, -0.2) is 45.1 Å². The van der Waals surface area contributed by atoms with Crippen LogP contribution in [0.25, 0.3) is 27.5 Å². The van der Waals surface area contributed by atoms with Gasteiger partial charge in [-0.05, 0) is 48.4 Å². The Morgan fingerprint density at radius 3 is 2.49 bits per heavy atom. The third-order valence-electron chi connectivity index (χ3n) is 6.30. The number of carboxylic acid groups (broad SMARTS) is 1. The summed E-state index contributed by atoms with van der Waals surface area (Å²) in [5.41, 5.74) is 5.96. The molecular weight excluding hydrogens is 582 g/mol. The normalized spacial score (nSPS) is 12.6. The van der Waals surface area contributed by atoms with Crippen molar-refractivity contribution in [1.82, 2.24) is 19.3 Å². The number of aromatic nitrogens is 4. The number of anilines is 1. The SMILES string of the molecule is Cn1nc(NS(C)(=O)=O)c2c(Cl)ccc(-n3c(C(N)Cc4cc(F)cc(F)c4)nc4c(C(=O)O)cccc4c3=O)c21. The highest BCUT2D eigenvalue weighted by Crippen LogP contribution is 2.35. The Labute approximate surface area is 235 Å². The summed E-state index contributed by atoms with van der Waals surface area (Å²) in [4.78, 5) is 30.5. The van der Waals surface area contributed by atoms with Crippen LogP contribution < -0.4 is 16.0 Å². The standard InChI is InChI=1S/C26H21ClF2N6O5S/c1-34-22-19(7-6-17(27)20(22)23(32-34)33-41(2,39)40)35-24(18(30)10-12-8-13(28)11-14(29)9-12)31-21-15(25(35)36)4-3-5-16(21)26(37)38/h3-9,11,18H,10,30H2,1-2H3,(H,32,33)(H,37,38). The average molecular weight is 603 g/mol. The molecule has 5 rings (SSSR count). The number of hydrogen-bond acceptors (Lipinski definition) is 7. The Kier molecular flexibility index (Phi) is 7.01. The highest BCUT2D eigenvalue weighted by molar-refractivity contribution is 7.92. The van der Waals surface area contributed by atoms with E-state index < -0.39 is 39.2 Å². The van der Waals surface area contributed by atoms with E-state index in [4.69, 9.17) is 17.3 Å². The van der Waals surface area contributed by atoms with E-state index in [9.17, 15) is 31.9 Å². The van der Waals surface area contributed by atoms with Crippen LogP contribution in [-0.2, 0) is 23.5 Å². The zero-order chi connectivity index (χ0) is 29.8. The highest BCUT2D eigenvalue weighted by atomic mass is 35.5. The van der Waals surface area contributed by atoms with E-state index in [2.05, 4.69) is 14.8 Å². The van der Waals surface area contributed by atoms with E-state index in [-0.39, 0.29) is 61.7 Å². The van der Waals surface area contributed by atoms with Gasteiger partial charge < -0.3 is 10.8 Å². The summed E-state index contributed by atoms with van der Waals surface area (Å²) >= 11 is 6.44. The van der Waals surface area contributed by atoms with Gasteiger partial charge in [-0.1, -0.05) is 17.7 Å². The number of fused-ring (bicyclic) bond motifs is 2. The maximum absolute atomic E-state index is 14.0. The average Bonchev–Trinajstić information content (AvgIpc) is 3.18. The number of rotatable bonds is 7. The molecule has 0 bridgehead atoms. The fourth-order valence-electron chi connectivity index (χ4n) is 4.74. The van der Waals surface area contributed by atoms with E-state index in [0.29, 0.717) is 6.07 Å². The molecular formula is C26H21ClF2N6O5S. The van der Waals surface area contributed by atoms with Gasteiger partial charge in [0.25, 0.3) is 5.56 Å². The lowest BCUT2D eigenvalue weighted by Gasteiger charge is -2.20. The number of nitrogens with one attached hydrogen (secondary N) is 1. The van der Waals surface area contributed by atoms with Gasteiger partial charge in [-0.25, -0.2) is 27.0 Å². The van der Waals surface area contributed by atoms with Crippen LogP contribution in [0.5, 0.6) is 0 Å². The highest BCUT2D eigenvalue weighted by Gasteiger charge is 2.26. The third kappa shape index (κ3) is 5.24. The zero-order valence-electron chi connectivity index (χ0n) is 21.4. The number of nitrogens with zero attached hydrogens (tertiary/aromatic N) is 4. The van der Waals surface area contributed by atoms with Crippen molar-refractivity contribution in [1.29, 1.82) is 0 Å². The first kappa shape index (κ1) is 28.1. The molecule has 0 aliphatic rings. The maximum Gasteiger partial charge on any atom is 0.337 e. The van der Waals surface area contributed by atoms with Crippen molar-refractivity contribution in [2.45, 2.75) is 12.5 Å². The molecule has 11 nitrogen and oxygen atoms in total. The summed E-state index contributed by atoms with van der Waals surface area (Å²) < 4.78 is 56.6. The first-order valence-corrected chi connectivity index (χ1v) is 14.1. The van der Waals surface area contributed by atoms with Gasteiger partial charge in [0.2, 0.25) is 10.0 Å². The van der Waals surface area contributed by atoms with Crippen molar-refractivity contribution in [3.63, 3.8) is 0 Å². The molecule has 0 aliphatic carbocycles. The molecule has 41 heavy (non-hydrogen) atoms. The van der Waals surface area contributed by atoms with Crippen molar-refractivity contribution < 1.29 is 27.1 Å². The number of aryl methyl sites for hydroxylation is 1. The van der Waals surface area contributed by atoms with Crippen molar-refractivity contribution in [2.75, 3.05) is 11.0 Å². The van der Waals surface area contributed by atoms with E-state index in [0.717, 1.165) is 23.0 Å². The lowest BCUT2D eigenvalue weighted by molar-refractivity contribution is 0.0698. The van der Waals surface area contributed by atoms with Gasteiger partial charge in [-0.2, -0.15) is 5.10 Å². The molecule has 2 aromatic heterocycles. The van der Waals surface area contributed by atoms with Crippen molar-refractivity contribution in [2.24, 2.45) is 12.8 Å². The van der Waals surface area contributed by atoms with Crippen LogP contribution in [0.15, 0.2) is 53.3 Å². The summed E-state index contributed by atoms with van der Waals surface area (Å²) in [6.45, 7) is 0. The van der Waals surface area contributed by atoms with Crippen LogP contribution in [0.2, 0.25) is 5.02 Å². The molecule has 1 unspecified atom stereocenters. The second-order valence-electron chi connectivity index (χ2n) is 9.34. The molecule has 0 fully saturated rings. The Morgan fingerprint density at radius 2 is 1.85 bits per heavy atom. The fourth-order valence-corrected chi connectivity index (χ4v) is 5.48. The fraction of sp³-hybridized carbons (Fsp3) is 0.154. The minimum atomic E-state index is -3.76. The molecule has 0 spiro atoms. The predicted octanol–water partition coefficient (Wildman–Crippen LogP) is 3.52. The second-order valence-corrected chi connectivity index (χ2v) is 11.5. The predicted molar refractivity (Wildman–Crippen MR) is 149 cm³/mol. The molecule has 5 aromatic rings. The van der Waals surface area contributed by atoms with Crippen LogP contribution >= 0.6 is 11.6 Å². The lowest BCUT2D eigenvalue weighted by Crippen LogP contribution is -2.30. The Balaban J connectivity index is 1.85. The maximum atomic E-state index is 14.0. The number of hydrogen-bond donors (Lipinski definition) is 3. The van der Waals surface area contributed by atoms with Crippen molar-refractivity contribution >= 4 is 55.2 Å². The molecule has 4 N–H and O–H groups in total. The van der Waals surface area contributed by atoms with Crippen LogP contribution in [0.1, 0.15) is 27.8 Å². The van der Waals surface area contributed by atoms with E-state index in [1.165, 1.54) is 42.1 Å². The van der Waals surface area contributed by atoms with Gasteiger partial charge in [0.1, 0.15) is 17.5 Å². The van der Waals surface area contributed by atoms with E-state index >= 15 is 0 Å². The molecule has 0 amide bonds. The molecule has 3 aromatic carbocycles. The quantitative estimate of drug-likeness (QED) is 0.255. The summed E-state index contributed by atoms with van der Waals surface area (Å²) in [7, 11) is -2.26. The second kappa shape index (κ2) is 10.2. The summed E-state index contributed by atoms with van der Waals surface area (Å²) in [5.74, 6) is -3.20. The molecule has 0 saturated heterocycles. The topological polar surface area (TPSA) is 162 Å². The summed E-state index contributed by atoms with van der Waals surface area (Å²) in [5, 5.41) is 14.2. The van der Waals surface area contributed by atoms with Crippen LogP contribution in [0, 0.1) is 11.6 Å². The van der Waals surface area contributed by atoms with Gasteiger partial charge in [0.15, 0.2) is 5.82 Å². The zero-order valence-corrected chi connectivity index (χ0v) is 23.0. The number of nitrogens with two attached hydrogens (primary N) is 1. The molecule has 0 saturated carbocycles. The van der Waals surface area contributed by atoms with E-state index in [1.807, 2.05) is 0 Å². The first-order valence-electron chi connectivity index (χ1n) is 11.9. The smallest absolute Gasteiger partial charge is 0.337 e. The molecule has 2 heterocycles. The van der Waals surface area contributed by atoms with E-state index in [1.54, 1.807) is 0 Å². The Bertz CT molecular complexity index is 2040. The van der Waals surface area contributed by atoms with Gasteiger partial charge in [-0.15, -0.1) is 0 Å². The van der Waals surface area contributed by atoms with Gasteiger partial charge >= 0.3 is 5.97 Å². The van der Waals surface area contributed by atoms with Gasteiger partial charge in [0.05, 0.1) is 50.4 Å². The number of sulfonamides is 1. The number of carbonyl (C=O) groups is 1. The minimum Gasteiger partial charge on any atom is -0.478 e. The summed E-state index contributed by atoms with van der Waals surface area (Å²) in [6, 6.07) is 8.68. The van der Waals surface area contributed by atoms with Gasteiger partial charge in [-0.3, -0.25) is 18.8 Å². The Hall–Kier alpha value is -4.40. The Morgan fingerprint density at radius 1 is 1.17 bits per heavy atom. The van der Waals surface area contributed by atoms with Crippen molar-refractivity contribution in [3.05, 3.63) is 92.5 Å². The molecule has 15 heteroatoms. The molecule has 1 atom stereocenters. The number of carboxylic acids is 1. The van der Waals surface area contributed by atoms with Crippen molar-refractivity contribution in [3.8, 4) is 5.69 Å².